The average molecular weight is 697 g/mol. The maximum absolute atomic E-state index is 15.2. The number of hydrogen-bond donors (Lipinski definition) is 3. The highest BCUT2D eigenvalue weighted by atomic mass is 19.1. The van der Waals surface area contributed by atoms with Gasteiger partial charge in [-0.25, -0.2) is 9.18 Å². The lowest BCUT2D eigenvalue weighted by molar-refractivity contribution is 0.102. The van der Waals surface area contributed by atoms with Crippen LogP contribution in [0.1, 0.15) is 72.9 Å². The zero-order valence-electron chi connectivity index (χ0n) is 29.2. The first kappa shape index (κ1) is 35.6. The van der Waals surface area contributed by atoms with Crippen molar-refractivity contribution in [3.05, 3.63) is 89.2 Å². The van der Waals surface area contributed by atoms with Crippen LogP contribution in [0.3, 0.4) is 0 Å². The third-order valence-corrected chi connectivity index (χ3v) is 9.13. The van der Waals surface area contributed by atoms with Gasteiger partial charge in [0, 0.05) is 30.0 Å². The molecule has 51 heavy (non-hydrogen) atoms. The molecule has 0 spiro atoms. The summed E-state index contributed by atoms with van der Waals surface area (Å²) < 4.78 is 32.9. The number of benzene rings is 3. The van der Waals surface area contributed by atoms with Gasteiger partial charge in [0.15, 0.2) is 17.1 Å². The molecule has 1 aliphatic heterocycles. The molecule has 11 nitrogen and oxygen atoms in total. The van der Waals surface area contributed by atoms with E-state index < -0.39 is 17.8 Å². The lowest BCUT2D eigenvalue weighted by atomic mass is 10.1. The molecule has 12 heteroatoms. The molecule has 3 aromatic carbocycles. The van der Waals surface area contributed by atoms with Crippen LogP contribution in [0.4, 0.5) is 26.5 Å². The number of ether oxygens (including phenoxy) is 3. The first-order chi connectivity index (χ1) is 24.8. The monoisotopic (exact) mass is 696 g/mol. The quantitative estimate of drug-likeness (QED) is 0.118. The van der Waals surface area contributed by atoms with Gasteiger partial charge in [0.1, 0.15) is 5.75 Å². The largest absolute Gasteiger partial charge is 0.490 e. The Morgan fingerprint density at radius 2 is 1.61 bits per heavy atom. The maximum Gasteiger partial charge on any atom is 0.414 e. The number of aromatic nitrogens is 2. The Kier molecular flexibility index (Phi) is 12.0. The minimum atomic E-state index is -0.758. The Labute approximate surface area is 297 Å². The zero-order chi connectivity index (χ0) is 35.6. The number of para-hydroxylation sites is 2. The summed E-state index contributed by atoms with van der Waals surface area (Å²) in [5.41, 5.74) is 2.40. The molecule has 1 saturated heterocycles. The normalized spacial score (nSPS) is 14.9. The van der Waals surface area contributed by atoms with Crippen LogP contribution in [0, 0.1) is 19.7 Å². The van der Waals surface area contributed by atoms with E-state index in [-0.39, 0.29) is 35.1 Å². The van der Waals surface area contributed by atoms with Gasteiger partial charge in [0.05, 0.1) is 6.61 Å². The number of nitrogens with one attached hydrogen (secondary N) is 3. The molecular weight excluding hydrogens is 651 g/mol. The van der Waals surface area contributed by atoms with E-state index in [1.807, 2.05) is 38.1 Å². The first-order valence-electron chi connectivity index (χ1n) is 17.7. The lowest BCUT2D eigenvalue weighted by Crippen LogP contribution is -2.35. The SMILES string of the molecule is Cc1cccc(C)c1NC(=O)c1c(OC(=O)NC2CCCC2)nc(Nc2ccc(OCCCN3CCCCC3)c(F)c2)nc1Oc1ccccc1. The number of amides is 2. The number of aryl methyl sites for hydroxylation is 2. The van der Waals surface area contributed by atoms with E-state index in [9.17, 15) is 9.59 Å². The van der Waals surface area contributed by atoms with Crippen LogP contribution >= 0.6 is 0 Å². The number of piperidine rings is 1. The second kappa shape index (κ2) is 17.1. The molecule has 1 aliphatic carbocycles. The number of anilines is 3. The highest BCUT2D eigenvalue weighted by Gasteiger charge is 2.28. The summed E-state index contributed by atoms with van der Waals surface area (Å²) >= 11 is 0. The summed E-state index contributed by atoms with van der Waals surface area (Å²) in [5.74, 6) is -1.25. The van der Waals surface area contributed by atoms with Gasteiger partial charge in [-0.3, -0.25) is 4.79 Å². The predicted octanol–water partition coefficient (Wildman–Crippen LogP) is 8.31. The fraction of sp³-hybridized carbons (Fsp3) is 0.385. The molecule has 2 heterocycles. The maximum atomic E-state index is 15.2. The molecule has 2 fully saturated rings. The highest BCUT2D eigenvalue weighted by Crippen LogP contribution is 2.34. The third kappa shape index (κ3) is 9.72. The van der Waals surface area contributed by atoms with Crippen molar-refractivity contribution >= 4 is 29.3 Å². The van der Waals surface area contributed by atoms with Crippen molar-refractivity contribution in [2.75, 3.05) is 36.9 Å². The summed E-state index contributed by atoms with van der Waals surface area (Å²) in [6.45, 7) is 7.29. The number of carbonyl (C=O) groups is 2. The van der Waals surface area contributed by atoms with E-state index in [4.69, 9.17) is 14.2 Å². The van der Waals surface area contributed by atoms with Crippen molar-refractivity contribution in [3.8, 4) is 23.3 Å². The van der Waals surface area contributed by atoms with Crippen LogP contribution in [0.5, 0.6) is 23.3 Å². The number of hydrogen-bond acceptors (Lipinski definition) is 9. The topological polar surface area (TPSA) is 127 Å². The lowest BCUT2D eigenvalue weighted by Gasteiger charge is -2.26. The van der Waals surface area contributed by atoms with Crippen LogP contribution in [0.15, 0.2) is 66.7 Å². The Balaban J connectivity index is 1.28. The minimum absolute atomic E-state index is 0.0441. The van der Waals surface area contributed by atoms with E-state index in [2.05, 4.69) is 30.8 Å². The molecular formula is C39H45FN6O5. The molecule has 3 N–H and O–H groups in total. The Hall–Kier alpha value is -5.23. The second-order valence-corrected chi connectivity index (χ2v) is 13.1. The smallest absolute Gasteiger partial charge is 0.414 e. The molecule has 2 aliphatic rings. The summed E-state index contributed by atoms with van der Waals surface area (Å²) in [5, 5.41) is 8.79. The van der Waals surface area contributed by atoms with Gasteiger partial charge in [0.25, 0.3) is 5.91 Å². The molecule has 4 aromatic rings. The Morgan fingerprint density at radius 3 is 2.33 bits per heavy atom. The minimum Gasteiger partial charge on any atom is -0.490 e. The highest BCUT2D eigenvalue weighted by molar-refractivity contribution is 6.08. The number of halogens is 1. The molecule has 0 radical (unpaired) electrons. The average Bonchev–Trinajstić information content (AvgIpc) is 3.63. The standard InChI is InChI=1S/C39H45FN6O5/c1-26-13-11-14-27(2)34(26)43-35(47)33-36(50-30-17-5-3-6-18-30)44-38(45-37(33)51-39(48)42-28-15-7-8-16-28)41-29-19-20-32(31(40)25-29)49-24-12-23-46-21-9-4-10-22-46/h3,5-6,11,13-14,17-20,25,28H,4,7-10,12,15-16,21-24H2,1-2H3,(H,42,48)(H,43,47)(H,41,44,45). The van der Waals surface area contributed by atoms with Crippen molar-refractivity contribution in [2.24, 2.45) is 0 Å². The van der Waals surface area contributed by atoms with Crippen molar-refractivity contribution < 1.29 is 28.2 Å². The van der Waals surface area contributed by atoms with Crippen molar-refractivity contribution in [2.45, 2.75) is 71.3 Å². The van der Waals surface area contributed by atoms with E-state index >= 15 is 4.39 Å². The molecule has 0 unspecified atom stereocenters. The van der Waals surface area contributed by atoms with E-state index in [0.717, 1.165) is 62.9 Å². The molecule has 268 valence electrons. The van der Waals surface area contributed by atoms with Gasteiger partial charge in [-0.1, -0.05) is 55.7 Å². The van der Waals surface area contributed by atoms with Crippen molar-refractivity contribution in [3.63, 3.8) is 0 Å². The summed E-state index contributed by atoms with van der Waals surface area (Å²) in [7, 11) is 0. The van der Waals surface area contributed by atoms with Crippen molar-refractivity contribution in [1.29, 1.82) is 0 Å². The number of carbonyl (C=O) groups excluding carboxylic acids is 2. The van der Waals surface area contributed by atoms with Gasteiger partial charge in [-0.05, 0) is 94.4 Å². The molecule has 1 saturated carbocycles. The van der Waals surface area contributed by atoms with Gasteiger partial charge < -0.3 is 35.1 Å². The van der Waals surface area contributed by atoms with Gasteiger partial charge >= 0.3 is 6.09 Å². The molecule has 0 atom stereocenters. The second-order valence-electron chi connectivity index (χ2n) is 13.1. The number of likely N-dealkylation sites (tertiary alicyclic amines) is 1. The van der Waals surface area contributed by atoms with Gasteiger partial charge in [-0.15, -0.1) is 0 Å². The Bertz CT molecular complexity index is 1790. The fourth-order valence-electron chi connectivity index (χ4n) is 6.44. The summed E-state index contributed by atoms with van der Waals surface area (Å²) in [6.07, 6.45) is 7.44. The zero-order valence-corrected chi connectivity index (χ0v) is 29.2. The Morgan fingerprint density at radius 1 is 0.882 bits per heavy atom. The van der Waals surface area contributed by atoms with Crippen LogP contribution in [0.2, 0.25) is 0 Å². The summed E-state index contributed by atoms with van der Waals surface area (Å²) in [4.78, 5) is 38.6. The van der Waals surface area contributed by atoms with Crippen LogP contribution in [-0.2, 0) is 0 Å². The van der Waals surface area contributed by atoms with Crippen molar-refractivity contribution in [1.82, 2.24) is 20.2 Å². The van der Waals surface area contributed by atoms with Crippen LogP contribution in [0.25, 0.3) is 0 Å². The van der Waals surface area contributed by atoms with Crippen LogP contribution < -0.4 is 30.2 Å². The molecule has 0 bridgehead atoms. The molecule has 6 rings (SSSR count). The van der Waals surface area contributed by atoms with Gasteiger partial charge in [-0.2, -0.15) is 9.97 Å². The number of rotatable bonds is 13. The van der Waals surface area contributed by atoms with E-state index in [0.29, 0.717) is 23.7 Å². The van der Waals surface area contributed by atoms with Crippen LogP contribution in [-0.4, -0.2) is 59.2 Å². The van der Waals surface area contributed by atoms with Gasteiger partial charge in [0.2, 0.25) is 17.7 Å². The summed E-state index contributed by atoms with van der Waals surface area (Å²) in [6, 6.07) is 18.9. The van der Waals surface area contributed by atoms with E-state index in [1.54, 1.807) is 36.4 Å². The first-order valence-corrected chi connectivity index (χ1v) is 17.7. The predicted molar refractivity (Wildman–Crippen MR) is 194 cm³/mol. The third-order valence-electron chi connectivity index (χ3n) is 9.13. The van der Waals surface area contributed by atoms with E-state index in [1.165, 1.54) is 25.3 Å². The fourth-order valence-corrected chi connectivity index (χ4v) is 6.44. The number of nitrogens with zero attached hydrogens (tertiary/aromatic N) is 3. The molecule has 1 aromatic heterocycles. The molecule has 2 amide bonds.